The Kier molecular flexibility index (Phi) is 11.5. The van der Waals surface area contributed by atoms with Crippen LogP contribution < -0.4 is 16.0 Å². The van der Waals surface area contributed by atoms with Gasteiger partial charge in [-0.15, -0.1) is 0 Å². The van der Waals surface area contributed by atoms with Crippen LogP contribution in [0.1, 0.15) is 55.3 Å². The average Bonchev–Trinajstić information content (AvgIpc) is 3.42. The molecule has 0 saturated heterocycles. The molecule has 4 rings (SSSR count). The molecular formula is C31H40ClN7O3S. The predicted molar refractivity (Wildman–Crippen MR) is 172 cm³/mol. The first kappa shape index (κ1) is 32.3. The predicted octanol–water partition coefficient (Wildman–Crippen LogP) is 4.63. The van der Waals surface area contributed by atoms with E-state index in [1.807, 2.05) is 50.4 Å². The average molecular weight is 626 g/mol. The minimum absolute atomic E-state index is 0.0253. The van der Waals surface area contributed by atoms with Crippen molar-refractivity contribution in [3.8, 4) is 11.4 Å². The summed E-state index contributed by atoms with van der Waals surface area (Å²) in [5, 5.41) is 14.5. The number of rotatable bonds is 7. The van der Waals surface area contributed by atoms with E-state index in [2.05, 4.69) is 16.0 Å². The Hall–Kier alpha value is -3.57. The normalized spacial score (nSPS) is 18.4. The lowest BCUT2D eigenvalue weighted by Crippen LogP contribution is -2.49. The minimum atomic E-state index is -0.684. The van der Waals surface area contributed by atoms with Crippen molar-refractivity contribution in [2.75, 3.05) is 37.5 Å². The van der Waals surface area contributed by atoms with Gasteiger partial charge in [0, 0.05) is 42.8 Å². The number of hydrogen-bond donors (Lipinski definition) is 3. The van der Waals surface area contributed by atoms with Crippen molar-refractivity contribution < 1.29 is 14.4 Å². The Morgan fingerprint density at radius 3 is 2.58 bits per heavy atom. The number of fused-ring (bicyclic) bond motifs is 1. The Morgan fingerprint density at radius 2 is 1.88 bits per heavy atom. The fourth-order valence-corrected chi connectivity index (χ4v) is 5.70. The molecule has 1 aliphatic rings. The number of aromatic nitrogens is 3. The van der Waals surface area contributed by atoms with E-state index >= 15 is 0 Å². The molecule has 3 N–H and O–H groups in total. The molecule has 0 saturated carbocycles. The molecule has 10 nitrogen and oxygen atoms in total. The van der Waals surface area contributed by atoms with E-state index in [0.29, 0.717) is 60.4 Å². The molecule has 0 fully saturated rings. The zero-order valence-corrected chi connectivity index (χ0v) is 26.7. The first-order valence-corrected chi connectivity index (χ1v) is 16.3. The number of nitrogens with one attached hydrogen (secondary N) is 3. The number of amides is 3. The number of carbonyl (C=O) groups excluding carboxylic acids is 3. The summed E-state index contributed by atoms with van der Waals surface area (Å²) in [5.41, 5.74) is 1.97. The van der Waals surface area contributed by atoms with Crippen molar-refractivity contribution in [3.63, 3.8) is 0 Å². The lowest BCUT2D eigenvalue weighted by atomic mass is 10.0. The van der Waals surface area contributed by atoms with Crippen LogP contribution in [0.4, 0.5) is 5.69 Å². The van der Waals surface area contributed by atoms with Gasteiger partial charge in [0.1, 0.15) is 6.04 Å². The summed E-state index contributed by atoms with van der Waals surface area (Å²) in [7, 11) is 1.76. The monoisotopic (exact) mass is 625 g/mol. The molecule has 0 spiro atoms. The van der Waals surface area contributed by atoms with E-state index in [9.17, 15) is 14.4 Å². The van der Waals surface area contributed by atoms with Gasteiger partial charge in [0.05, 0.1) is 18.2 Å². The maximum Gasteiger partial charge on any atom is 0.256 e. The van der Waals surface area contributed by atoms with Crippen LogP contribution in [0, 0.1) is 5.92 Å². The van der Waals surface area contributed by atoms with E-state index in [1.165, 1.54) is 0 Å². The van der Waals surface area contributed by atoms with Crippen LogP contribution >= 0.6 is 23.4 Å². The Balaban J connectivity index is 1.75. The van der Waals surface area contributed by atoms with Crippen LogP contribution in [0.5, 0.6) is 0 Å². The highest BCUT2D eigenvalue weighted by Gasteiger charge is 2.30. The number of carbonyl (C=O) groups is 3. The quantitative estimate of drug-likeness (QED) is 0.350. The van der Waals surface area contributed by atoms with Gasteiger partial charge in [-0.05, 0) is 49.0 Å². The van der Waals surface area contributed by atoms with E-state index in [4.69, 9.17) is 21.7 Å². The molecule has 43 heavy (non-hydrogen) atoms. The van der Waals surface area contributed by atoms with Gasteiger partial charge in [0.15, 0.2) is 11.6 Å². The molecule has 230 valence electrons. The van der Waals surface area contributed by atoms with Crippen molar-refractivity contribution in [2.24, 2.45) is 5.92 Å². The van der Waals surface area contributed by atoms with Crippen LogP contribution in [0.3, 0.4) is 0 Å². The summed E-state index contributed by atoms with van der Waals surface area (Å²) in [4.78, 5) is 47.1. The summed E-state index contributed by atoms with van der Waals surface area (Å²) in [6.07, 6.45) is 3.08. The van der Waals surface area contributed by atoms with Crippen LogP contribution in [0.15, 0.2) is 48.5 Å². The maximum absolute atomic E-state index is 13.9. The highest BCUT2D eigenvalue weighted by atomic mass is 35.5. The fraction of sp³-hybridized carbons (Fsp3) is 0.452. The number of nitrogens with zero attached hydrogens (tertiary/aromatic N) is 4. The molecule has 0 aliphatic carbocycles. The van der Waals surface area contributed by atoms with Gasteiger partial charge in [0.2, 0.25) is 11.8 Å². The highest BCUT2D eigenvalue weighted by Crippen LogP contribution is 2.26. The number of hydrogen-bond acceptors (Lipinski definition) is 7. The van der Waals surface area contributed by atoms with Crippen molar-refractivity contribution in [1.82, 2.24) is 30.3 Å². The third-order valence-corrected chi connectivity index (χ3v) is 8.30. The Labute approximate surface area is 262 Å². The second-order valence-corrected chi connectivity index (χ2v) is 12.3. The van der Waals surface area contributed by atoms with Gasteiger partial charge < -0.3 is 20.9 Å². The van der Waals surface area contributed by atoms with Crippen molar-refractivity contribution in [1.29, 1.82) is 0 Å². The van der Waals surface area contributed by atoms with Crippen LogP contribution in [0.2, 0.25) is 5.02 Å². The lowest BCUT2D eigenvalue weighted by molar-refractivity contribution is -0.129. The highest BCUT2D eigenvalue weighted by molar-refractivity contribution is 7.98. The molecule has 2 aromatic carbocycles. The van der Waals surface area contributed by atoms with E-state index < -0.39 is 12.1 Å². The fourth-order valence-electron chi connectivity index (χ4n) is 5.06. The molecule has 2 heterocycles. The van der Waals surface area contributed by atoms with Crippen molar-refractivity contribution in [2.45, 2.75) is 51.7 Å². The summed E-state index contributed by atoms with van der Waals surface area (Å²) >= 11 is 7.90. The zero-order valence-electron chi connectivity index (χ0n) is 25.1. The third kappa shape index (κ3) is 8.29. The third-order valence-electron chi connectivity index (χ3n) is 7.42. The van der Waals surface area contributed by atoms with Gasteiger partial charge in [-0.25, -0.2) is 9.67 Å². The smallest absolute Gasteiger partial charge is 0.256 e. The molecule has 2 atom stereocenters. The molecule has 12 heteroatoms. The van der Waals surface area contributed by atoms with E-state index in [-0.39, 0.29) is 30.1 Å². The summed E-state index contributed by atoms with van der Waals surface area (Å²) < 4.78 is 1.80. The summed E-state index contributed by atoms with van der Waals surface area (Å²) in [6, 6.07) is 13.7. The van der Waals surface area contributed by atoms with Gasteiger partial charge in [-0.3, -0.25) is 14.4 Å². The van der Waals surface area contributed by atoms with Crippen LogP contribution in [0.25, 0.3) is 11.4 Å². The number of benzene rings is 2. The Bertz CT molecular complexity index is 1420. The maximum atomic E-state index is 13.9. The van der Waals surface area contributed by atoms with E-state index in [0.717, 1.165) is 11.3 Å². The summed E-state index contributed by atoms with van der Waals surface area (Å²) in [6.45, 7) is 5.03. The van der Waals surface area contributed by atoms with Gasteiger partial charge in [-0.1, -0.05) is 55.8 Å². The SMILES string of the molecule is CNc1ccc(Cl)cc1C(=O)N1CCCC(=O)N[C@@H](CCSC)C(=O)N[C@H](C(C)C)c2nc(-c3ccccc3)nn2CC1. The molecule has 0 unspecified atom stereocenters. The second kappa shape index (κ2) is 15.2. The minimum Gasteiger partial charge on any atom is -0.387 e. The summed E-state index contributed by atoms with van der Waals surface area (Å²) in [5.74, 6) is 1.16. The number of halogens is 1. The number of thioether (sulfide) groups is 1. The first-order valence-electron chi connectivity index (χ1n) is 14.6. The van der Waals surface area contributed by atoms with Gasteiger partial charge in [0.25, 0.3) is 5.91 Å². The second-order valence-electron chi connectivity index (χ2n) is 10.9. The first-order chi connectivity index (χ1) is 20.7. The van der Waals surface area contributed by atoms with Crippen LogP contribution in [-0.2, 0) is 16.1 Å². The van der Waals surface area contributed by atoms with Gasteiger partial charge in [-0.2, -0.15) is 16.9 Å². The molecular weight excluding hydrogens is 586 g/mol. The topological polar surface area (TPSA) is 121 Å². The lowest BCUT2D eigenvalue weighted by Gasteiger charge is -2.28. The molecule has 1 aromatic heterocycles. The van der Waals surface area contributed by atoms with Crippen molar-refractivity contribution >= 4 is 46.8 Å². The molecule has 0 radical (unpaired) electrons. The molecule has 3 amide bonds. The Morgan fingerprint density at radius 1 is 1.12 bits per heavy atom. The molecule has 1 aliphatic heterocycles. The van der Waals surface area contributed by atoms with Gasteiger partial charge >= 0.3 is 0 Å². The standard InChI is InChI=1S/C31H40ClN7O3S/c1-20(2)27-29-36-28(21-9-6-5-7-10-21)37-39(29)17-16-38(31(42)23-19-22(32)12-13-24(23)33-3)15-8-11-26(40)34-25(14-18-43-4)30(41)35-27/h5-7,9-10,12-13,19-20,25,27,33H,8,11,14-18H2,1-4H3,(H,34,40)(H,35,41)/t25-,27+/m0/s1. The number of anilines is 1. The molecule has 3 aromatic rings. The largest absolute Gasteiger partial charge is 0.387 e. The molecule has 0 bridgehead atoms. The van der Waals surface area contributed by atoms with E-state index in [1.54, 1.807) is 46.6 Å². The van der Waals surface area contributed by atoms with Crippen molar-refractivity contribution in [3.05, 3.63) is 64.9 Å². The zero-order chi connectivity index (χ0) is 30.9. The van der Waals surface area contributed by atoms with Crippen LogP contribution in [-0.4, -0.2) is 75.6 Å².